The third-order valence-electron chi connectivity index (χ3n) is 4.74. The first-order valence-corrected chi connectivity index (χ1v) is 9.33. The summed E-state index contributed by atoms with van der Waals surface area (Å²) in [4.78, 5) is 14.8. The number of hydrogen-bond acceptors (Lipinski definition) is 4. The molecule has 28 heavy (non-hydrogen) atoms. The lowest BCUT2D eigenvalue weighted by Gasteiger charge is -2.30. The minimum atomic E-state index is -0.435. The summed E-state index contributed by atoms with van der Waals surface area (Å²) in [7, 11) is 1.43. The molecule has 1 N–H and O–H groups in total. The molecular weight excluding hydrogens is 350 g/mol. The second-order valence-electron chi connectivity index (χ2n) is 6.79. The molecule has 0 spiro atoms. The number of methoxy groups -OCH3 is 1. The maximum Gasteiger partial charge on any atom is 0.323 e. The van der Waals surface area contributed by atoms with Gasteiger partial charge in [-0.3, -0.25) is 9.69 Å². The maximum atomic E-state index is 12.7. The number of hydrogen-bond donors (Lipinski definition) is 1. The van der Waals surface area contributed by atoms with Gasteiger partial charge < -0.3 is 9.84 Å². The molecule has 0 saturated carbocycles. The highest BCUT2D eigenvalue weighted by Gasteiger charge is 2.27. The van der Waals surface area contributed by atoms with Crippen molar-refractivity contribution in [2.45, 2.75) is 25.6 Å². The second-order valence-corrected chi connectivity index (χ2v) is 6.79. The smallest absolute Gasteiger partial charge is 0.323 e. The van der Waals surface area contributed by atoms with Crippen LogP contribution in [0, 0.1) is 0 Å². The van der Waals surface area contributed by atoms with Crippen LogP contribution in [-0.4, -0.2) is 29.1 Å². The Kier molecular flexibility index (Phi) is 6.82. The molecule has 0 heterocycles. The van der Waals surface area contributed by atoms with Gasteiger partial charge in [0.15, 0.2) is 0 Å². The van der Waals surface area contributed by atoms with Crippen molar-refractivity contribution in [2.24, 2.45) is 0 Å². The molecule has 0 bridgehead atoms. The lowest BCUT2D eigenvalue weighted by atomic mass is 10.0. The van der Waals surface area contributed by atoms with E-state index in [0.717, 1.165) is 16.7 Å². The molecule has 0 aliphatic rings. The Labute approximate surface area is 166 Å². The van der Waals surface area contributed by atoms with Crippen LogP contribution in [0.15, 0.2) is 84.9 Å². The molecule has 3 aromatic rings. The fraction of sp³-hybridized carbons (Fsp3) is 0.208. The minimum absolute atomic E-state index is 0.212. The number of carbonyl (C=O) groups excluding carboxylic acids is 1. The Bertz CT molecular complexity index is 822. The van der Waals surface area contributed by atoms with Gasteiger partial charge in [-0.25, -0.2) is 0 Å². The average molecular weight is 375 g/mol. The third-order valence-corrected chi connectivity index (χ3v) is 4.74. The molecule has 0 saturated heterocycles. The zero-order chi connectivity index (χ0) is 19.8. The monoisotopic (exact) mass is 375 g/mol. The largest absolute Gasteiger partial charge is 0.508 e. The van der Waals surface area contributed by atoms with Gasteiger partial charge >= 0.3 is 5.97 Å². The van der Waals surface area contributed by atoms with E-state index < -0.39 is 6.04 Å². The normalized spacial score (nSPS) is 11.9. The van der Waals surface area contributed by atoms with Crippen LogP contribution in [0.2, 0.25) is 0 Å². The van der Waals surface area contributed by atoms with Gasteiger partial charge in [-0.2, -0.15) is 0 Å². The molecule has 0 radical (unpaired) electrons. The van der Waals surface area contributed by atoms with Gasteiger partial charge in [-0.1, -0.05) is 72.8 Å². The van der Waals surface area contributed by atoms with Crippen LogP contribution in [0.5, 0.6) is 5.75 Å². The summed E-state index contributed by atoms with van der Waals surface area (Å²) in [5.74, 6) is -0.0521. The molecule has 0 aliphatic carbocycles. The molecule has 0 fully saturated rings. The first kappa shape index (κ1) is 19.6. The Morgan fingerprint density at radius 2 is 1.32 bits per heavy atom. The van der Waals surface area contributed by atoms with Crippen molar-refractivity contribution in [3.05, 3.63) is 102 Å². The van der Waals surface area contributed by atoms with E-state index >= 15 is 0 Å². The summed E-state index contributed by atoms with van der Waals surface area (Å²) in [5.41, 5.74) is 3.25. The Balaban J connectivity index is 1.89. The quantitative estimate of drug-likeness (QED) is 0.600. The van der Waals surface area contributed by atoms with Gasteiger partial charge in [-0.05, 0) is 35.2 Å². The first-order valence-electron chi connectivity index (χ1n) is 9.33. The number of ether oxygens (including phenoxy) is 1. The number of aromatic hydroxyl groups is 1. The van der Waals surface area contributed by atoms with Gasteiger partial charge in [0.1, 0.15) is 11.8 Å². The first-order chi connectivity index (χ1) is 13.7. The van der Waals surface area contributed by atoms with Gasteiger partial charge in [0, 0.05) is 13.1 Å². The van der Waals surface area contributed by atoms with Crippen LogP contribution in [0.3, 0.4) is 0 Å². The average Bonchev–Trinajstić information content (AvgIpc) is 2.74. The van der Waals surface area contributed by atoms with E-state index in [1.807, 2.05) is 48.5 Å². The molecule has 4 nitrogen and oxygen atoms in total. The maximum absolute atomic E-state index is 12.7. The lowest BCUT2D eigenvalue weighted by Crippen LogP contribution is -2.42. The van der Waals surface area contributed by atoms with Crippen LogP contribution < -0.4 is 0 Å². The summed E-state index contributed by atoms with van der Waals surface area (Å²) in [6, 6.07) is 26.8. The van der Waals surface area contributed by atoms with Gasteiger partial charge in [-0.15, -0.1) is 0 Å². The van der Waals surface area contributed by atoms with Crippen molar-refractivity contribution >= 4 is 5.97 Å². The minimum Gasteiger partial charge on any atom is -0.508 e. The molecular formula is C24H25NO3. The molecule has 1 atom stereocenters. The fourth-order valence-electron chi connectivity index (χ4n) is 3.26. The van der Waals surface area contributed by atoms with E-state index in [9.17, 15) is 9.90 Å². The Hall–Kier alpha value is -3.11. The number of benzene rings is 3. The van der Waals surface area contributed by atoms with Crippen LogP contribution in [0.1, 0.15) is 16.7 Å². The number of phenols is 1. The SMILES string of the molecule is COC(=O)C(Cc1ccc(O)cc1)N(Cc1ccccc1)Cc1ccccc1. The van der Waals surface area contributed by atoms with Crippen molar-refractivity contribution in [2.75, 3.05) is 7.11 Å². The van der Waals surface area contributed by atoms with E-state index in [2.05, 4.69) is 29.2 Å². The number of carbonyl (C=O) groups is 1. The summed E-state index contributed by atoms with van der Waals surface area (Å²) in [6.07, 6.45) is 0.507. The molecule has 3 rings (SSSR count). The summed E-state index contributed by atoms with van der Waals surface area (Å²) in [5, 5.41) is 9.54. The van der Waals surface area contributed by atoms with Crippen LogP contribution in [-0.2, 0) is 29.0 Å². The van der Waals surface area contributed by atoms with Crippen LogP contribution in [0.25, 0.3) is 0 Å². The predicted octanol–water partition coefficient (Wildman–Crippen LogP) is 4.18. The highest BCUT2D eigenvalue weighted by molar-refractivity contribution is 5.76. The van der Waals surface area contributed by atoms with Gasteiger partial charge in [0.25, 0.3) is 0 Å². The zero-order valence-electron chi connectivity index (χ0n) is 16.0. The summed E-state index contributed by atoms with van der Waals surface area (Å²) in [6.45, 7) is 1.27. The molecule has 0 aromatic heterocycles. The highest BCUT2D eigenvalue weighted by atomic mass is 16.5. The van der Waals surface area contributed by atoms with Crippen molar-refractivity contribution in [1.29, 1.82) is 0 Å². The molecule has 0 amide bonds. The predicted molar refractivity (Wildman–Crippen MR) is 110 cm³/mol. The molecule has 4 heteroatoms. The summed E-state index contributed by atoms with van der Waals surface area (Å²) < 4.78 is 5.13. The Morgan fingerprint density at radius 3 is 1.79 bits per heavy atom. The van der Waals surface area contributed by atoms with E-state index in [1.165, 1.54) is 7.11 Å². The van der Waals surface area contributed by atoms with E-state index in [1.54, 1.807) is 12.1 Å². The standard InChI is InChI=1S/C24H25NO3/c1-28-24(27)23(16-19-12-14-22(26)15-13-19)25(17-20-8-4-2-5-9-20)18-21-10-6-3-7-11-21/h2-15,23,26H,16-18H2,1H3. The second kappa shape index (κ2) is 9.72. The van der Waals surface area contributed by atoms with Crippen molar-refractivity contribution in [1.82, 2.24) is 4.90 Å². The van der Waals surface area contributed by atoms with Crippen molar-refractivity contribution < 1.29 is 14.6 Å². The number of phenolic OH excluding ortho intramolecular Hbond substituents is 1. The van der Waals surface area contributed by atoms with Crippen LogP contribution in [0.4, 0.5) is 0 Å². The van der Waals surface area contributed by atoms with Gasteiger partial charge in [0.2, 0.25) is 0 Å². The molecule has 1 unspecified atom stereocenters. The van der Waals surface area contributed by atoms with E-state index in [0.29, 0.717) is 19.5 Å². The lowest BCUT2D eigenvalue weighted by molar-refractivity contribution is -0.147. The van der Waals surface area contributed by atoms with Gasteiger partial charge in [0.05, 0.1) is 7.11 Å². The van der Waals surface area contributed by atoms with Crippen molar-refractivity contribution in [3.8, 4) is 5.75 Å². The highest BCUT2D eigenvalue weighted by Crippen LogP contribution is 2.19. The number of nitrogens with zero attached hydrogens (tertiary/aromatic N) is 1. The van der Waals surface area contributed by atoms with E-state index in [-0.39, 0.29) is 11.7 Å². The number of rotatable bonds is 8. The van der Waals surface area contributed by atoms with E-state index in [4.69, 9.17) is 4.74 Å². The molecule has 0 aliphatic heterocycles. The summed E-state index contributed by atoms with van der Waals surface area (Å²) >= 11 is 0. The topological polar surface area (TPSA) is 49.8 Å². The molecule has 144 valence electrons. The van der Waals surface area contributed by atoms with Crippen molar-refractivity contribution in [3.63, 3.8) is 0 Å². The third kappa shape index (κ3) is 5.44. The van der Waals surface area contributed by atoms with Crippen LogP contribution >= 0.6 is 0 Å². The Morgan fingerprint density at radius 1 is 0.821 bits per heavy atom. The number of esters is 1. The zero-order valence-corrected chi connectivity index (χ0v) is 16.0. The molecule has 3 aromatic carbocycles. The fourth-order valence-corrected chi connectivity index (χ4v) is 3.26.